The summed E-state index contributed by atoms with van der Waals surface area (Å²) >= 11 is 0. The normalized spacial score (nSPS) is 15.8. The molecule has 1 fully saturated rings. The van der Waals surface area contributed by atoms with E-state index in [1.165, 1.54) is 6.33 Å². The first-order valence-corrected chi connectivity index (χ1v) is 7.32. The third kappa shape index (κ3) is 3.53. The minimum atomic E-state index is -0.109. The predicted molar refractivity (Wildman–Crippen MR) is 79.2 cm³/mol. The highest BCUT2D eigenvalue weighted by Crippen LogP contribution is 2.31. The summed E-state index contributed by atoms with van der Waals surface area (Å²) in [7, 11) is 0. The largest absolute Gasteiger partial charge is 0.476 e. The lowest BCUT2D eigenvalue weighted by atomic mass is 9.97. The fourth-order valence-corrected chi connectivity index (χ4v) is 2.46. The number of nitrogen functional groups attached to an aromatic ring is 1. The molecule has 0 unspecified atom stereocenters. The molecule has 1 aliphatic heterocycles. The van der Waals surface area contributed by atoms with Gasteiger partial charge in [0, 0.05) is 13.1 Å². The number of hydrogen-bond acceptors (Lipinski definition) is 7. The van der Waals surface area contributed by atoms with E-state index in [2.05, 4.69) is 14.9 Å². The van der Waals surface area contributed by atoms with Crippen LogP contribution in [0.15, 0.2) is 6.33 Å². The number of nitrogens with zero attached hydrogens (tertiary/aromatic N) is 3. The maximum absolute atomic E-state index is 11.7. The van der Waals surface area contributed by atoms with Gasteiger partial charge in [-0.05, 0) is 26.7 Å². The number of aromatic nitrogens is 2. The third-order valence-corrected chi connectivity index (χ3v) is 3.52. The zero-order valence-electron chi connectivity index (χ0n) is 12.5. The minimum absolute atomic E-state index is 0.0318. The maximum atomic E-state index is 11.7. The van der Waals surface area contributed by atoms with Gasteiger partial charge in [0.15, 0.2) is 5.82 Å². The molecule has 0 amide bonds. The number of ether oxygens (including phenoxy) is 2. The molecule has 21 heavy (non-hydrogen) atoms. The second-order valence-electron chi connectivity index (χ2n) is 4.86. The Morgan fingerprint density at radius 2 is 2.05 bits per heavy atom. The molecule has 1 saturated heterocycles. The van der Waals surface area contributed by atoms with Crippen molar-refractivity contribution in [3.63, 3.8) is 0 Å². The summed E-state index contributed by atoms with van der Waals surface area (Å²) < 4.78 is 10.5. The summed E-state index contributed by atoms with van der Waals surface area (Å²) in [5, 5.41) is 0. The molecule has 2 heterocycles. The van der Waals surface area contributed by atoms with Gasteiger partial charge in [-0.3, -0.25) is 4.79 Å². The Balaban J connectivity index is 2.02. The van der Waals surface area contributed by atoms with Crippen molar-refractivity contribution in [1.29, 1.82) is 0 Å². The van der Waals surface area contributed by atoms with Gasteiger partial charge in [0.2, 0.25) is 5.88 Å². The molecule has 0 atom stereocenters. The fraction of sp³-hybridized carbons (Fsp3) is 0.643. The van der Waals surface area contributed by atoms with Gasteiger partial charge in [0.1, 0.15) is 12.0 Å². The molecule has 1 aliphatic rings. The molecule has 0 radical (unpaired) electrons. The van der Waals surface area contributed by atoms with Crippen LogP contribution in [0.25, 0.3) is 0 Å². The maximum Gasteiger partial charge on any atom is 0.309 e. The highest BCUT2D eigenvalue weighted by Gasteiger charge is 2.28. The lowest BCUT2D eigenvalue weighted by Gasteiger charge is -2.32. The molecule has 2 N–H and O–H groups in total. The number of piperidine rings is 1. The summed E-state index contributed by atoms with van der Waals surface area (Å²) in [6.45, 7) is 6.07. The molecule has 1 aromatic rings. The van der Waals surface area contributed by atoms with Crippen molar-refractivity contribution in [3.05, 3.63) is 6.33 Å². The molecule has 0 saturated carbocycles. The SMILES string of the molecule is CCOC(=O)C1CCN(c2ncnc(OCC)c2N)CC1. The number of anilines is 2. The van der Waals surface area contributed by atoms with E-state index in [1.54, 1.807) is 0 Å². The van der Waals surface area contributed by atoms with Crippen LogP contribution in [0.1, 0.15) is 26.7 Å². The van der Waals surface area contributed by atoms with Crippen LogP contribution >= 0.6 is 0 Å². The number of hydrogen-bond donors (Lipinski definition) is 1. The topological polar surface area (TPSA) is 90.6 Å². The fourth-order valence-electron chi connectivity index (χ4n) is 2.46. The average molecular weight is 294 g/mol. The Labute approximate surface area is 124 Å². The summed E-state index contributed by atoms with van der Waals surface area (Å²) in [4.78, 5) is 22.1. The molecule has 0 bridgehead atoms. The van der Waals surface area contributed by atoms with Crippen LogP contribution < -0.4 is 15.4 Å². The van der Waals surface area contributed by atoms with E-state index in [0.717, 1.165) is 25.9 Å². The predicted octanol–water partition coefficient (Wildman–Crippen LogP) is 1.24. The van der Waals surface area contributed by atoms with E-state index < -0.39 is 0 Å². The second kappa shape index (κ2) is 7.10. The van der Waals surface area contributed by atoms with E-state index in [4.69, 9.17) is 15.2 Å². The number of rotatable bonds is 5. The molecule has 0 aromatic carbocycles. The quantitative estimate of drug-likeness (QED) is 0.817. The van der Waals surface area contributed by atoms with Crippen LogP contribution in [0, 0.1) is 5.92 Å². The molecular weight excluding hydrogens is 272 g/mol. The zero-order chi connectivity index (χ0) is 15.2. The van der Waals surface area contributed by atoms with E-state index in [0.29, 0.717) is 30.6 Å². The van der Waals surface area contributed by atoms with E-state index in [9.17, 15) is 4.79 Å². The number of esters is 1. The van der Waals surface area contributed by atoms with Crippen molar-refractivity contribution in [3.8, 4) is 5.88 Å². The van der Waals surface area contributed by atoms with Gasteiger partial charge >= 0.3 is 5.97 Å². The first-order valence-electron chi connectivity index (χ1n) is 7.32. The summed E-state index contributed by atoms with van der Waals surface area (Å²) in [6.07, 6.45) is 2.94. The van der Waals surface area contributed by atoms with Crippen molar-refractivity contribution in [2.45, 2.75) is 26.7 Å². The lowest BCUT2D eigenvalue weighted by Crippen LogP contribution is -2.37. The Kier molecular flexibility index (Phi) is 5.19. The Bertz CT molecular complexity index is 487. The van der Waals surface area contributed by atoms with Gasteiger partial charge in [0.25, 0.3) is 0 Å². The van der Waals surface area contributed by atoms with E-state index in [-0.39, 0.29) is 11.9 Å². The van der Waals surface area contributed by atoms with Crippen molar-refractivity contribution >= 4 is 17.5 Å². The molecule has 0 aliphatic carbocycles. The number of carbonyl (C=O) groups is 1. The summed E-state index contributed by atoms with van der Waals surface area (Å²) in [5.74, 6) is 0.948. The van der Waals surface area contributed by atoms with Crippen LogP contribution in [-0.4, -0.2) is 42.2 Å². The molecule has 0 spiro atoms. The van der Waals surface area contributed by atoms with Crippen LogP contribution in [0.4, 0.5) is 11.5 Å². The first-order chi connectivity index (χ1) is 10.2. The molecular formula is C14H22N4O3. The lowest BCUT2D eigenvalue weighted by molar-refractivity contribution is -0.148. The Morgan fingerprint density at radius 3 is 2.67 bits per heavy atom. The highest BCUT2D eigenvalue weighted by molar-refractivity contribution is 5.73. The summed E-state index contributed by atoms with van der Waals surface area (Å²) in [6, 6.07) is 0. The standard InChI is InChI=1S/C14H22N4O3/c1-3-20-13-11(15)12(16-9-17-13)18-7-5-10(6-8-18)14(19)21-4-2/h9-10H,3-8,15H2,1-2H3. The van der Waals surface area contributed by atoms with Crippen molar-refractivity contribution in [1.82, 2.24) is 9.97 Å². The van der Waals surface area contributed by atoms with Crippen LogP contribution in [0.5, 0.6) is 5.88 Å². The van der Waals surface area contributed by atoms with Gasteiger partial charge < -0.3 is 20.1 Å². The van der Waals surface area contributed by atoms with Gasteiger partial charge in [0.05, 0.1) is 19.1 Å². The Hall–Kier alpha value is -2.05. The Morgan fingerprint density at radius 1 is 1.33 bits per heavy atom. The summed E-state index contributed by atoms with van der Waals surface area (Å²) in [5.41, 5.74) is 6.51. The minimum Gasteiger partial charge on any atom is -0.476 e. The van der Waals surface area contributed by atoms with Gasteiger partial charge in [-0.15, -0.1) is 0 Å². The smallest absolute Gasteiger partial charge is 0.309 e. The van der Waals surface area contributed by atoms with E-state index >= 15 is 0 Å². The number of carbonyl (C=O) groups excluding carboxylic acids is 1. The van der Waals surface area contributed by atoms with Crippen molar-refractivity contribution in [2.75, 3.05) is 36.9 Å². The van der Waals surface area contributed by atoms with Crippen LogP contribution in [0.2, 0.25) is 0 Å². The van der Waals surface area contributed by atoms with Gasteiger partial charge in [-0.25, -0.2) is 4.98 Å². The zero-order valence-corrected chi connectivity index (χ0v) is 12.5. The first kappa shape index (κ1) is 15.3. The monoisotopic (exact) mass is 294 g/mol. The molecule has 7 nitrogen and oxygen atoms in total. The van der Waals surface area contributed by atoms with Crippen LogP contribution in [-0.2, 0) is 9.53 Å². The second-order valence-corrected chi connectivity index (χ2v) is 4.86. The van der Waals surface area contributed by atoms with Crippen LogP contribution in [0.3, 0.4) is 0 Å². The number of nitrogens with two attached hydrogens (primary N) is 1. The van der Waals surface area contributed by atoms with Gasteiger partial charge in [-0.2, -0.15) is 4.98 Å². The van der Waals surface area contributed by atoms with Crippen molar-refractivity contribution < 1.29 is 14.3 Å². The molecule has 2 rings (SSSR count). The third-order valence-electron chi connectivity index (χ3n) is 3.52. The van der Waals surface area contributed by atoms with E-state index in [1.807, 2.05) is 13.8 Å². The molecule has 116 valence electrons. The molecule has 1 aromatic heterocycles. The van der Waals surface area contributed by atoms with Gasteiger partial charge in [-0.1, -0.05) is 0 Å². The average Bonchev–Trinajstić information content (AvgIpc) is 2.50. The highest BCUT2D eigenvalue weighted by atomic mass is 16.5. The van der Waals surface area contributed by atoms with Crippen molar-refractivity contribution in [2.24, 2.45) is 5.92 Å². The molecule has 7 heteroatoms.